The van der Waals surface area contributed by atoms with Gasteiger partial charge in [-0.3, -0.25) is 4.90 Å². The highest BCUT2D eigenvalue weighted by Crippen LogP contribution is 2.42. The third-order valence-electron chi connectivity index (χ3n) is 3.69. The fraction of sp³-hybridized carbons (Fsp3) is 0.333. The predicted molar refractivity (Wildman–Crippen MR) is 96.9 cm³/mol. The smallest absolute Gasteiger partial charge is 0.0919 e. The molecule has 2 aromatic rings. The van der Waals surface area contributed by atoms with Crippen molar-refractivity contribution in [1.29, 1.82) is 0 Å². The molecule has 116 valence electrons. The Hall–Kier alpha value is -0.940. The number of benzene rings is 2. The van der Waals surface area contributed by atoms with E-state index in [0.29, 0.717) is 5.37 Å². The summed E-state index contributed by atoms with van der Waals surface area (Å²) in [6.07, 6.45) is 0. The van der Waals surface area contributed by atoms with Gasteiger partial charge in [-0.1, -0.05) is 82.3 Å². The van der Waals surface area contributed by atoms with E-state index in [1.807, 2.05) is 21.6 Å². The second kappa shape index (κ2) is 8.63. The largest absolute Gasteiger partial charge is 0.379 e. The van der Waals surface area contributed by atoms with Gasteiger partial charge in [0.05, 0.1) is 18.6 Å². The van der Waals surface area contributed by atoms with Gasteiger partial charge in [0.25, 0.3) is 0 Å². The van der Waals surface area contributed by atoms with Crippen molar-refractivity contribution in [2.24, 2.45) is 0 Å². The number of ether oxygens (including phenoxy) is 1. The van der Waals surface area contributed by atoms with Crippen LogP contribution in [0.5, 0.6) is 0 Å². The van der Waals surface area contributed by atoms with Crippen LogP contribution >= 0.6 is 21.6 Å². The summed E-state index contributed by atoms with van der Waals surface area (Å²) in [5, 5.41) is 0.402. The Bertz CT molecular complexity index is 544. The second-order valence-electron chi connectivity index (χ2n) is 5.26. The fourth-order valence-electron chi connectivity index (χ4n) is 2.50. The van der Waals surface area contributed by atoms with Crippen LogP contribution in [0.4, 0.5) is 0 Å². The van der Waals surface area contributed by atoms with Gasteiger partial charge in [-0.25, -0.2) is 0 Å². The second-order valence-corrected chi connectivity index (χ2v) is 7.70. The first kappa shape index (κ1) is 15.9. The molecule has 0 aromatic heterocycles. The molecule has 22 heavy (non-hydrogen) atoms. The summed E-state index contributed by atoms with van der Waals surface area (Å²) in [5.41, 5.74) is 2.77. The van der Waals surface area contributed by atoms with Crippen LogP contribution in [0.25, 0.3) is 0 Å². The summed E-state index contributed by atoms with van der Waals surface area (Å²) in [6.45, 7) is 3.71. The molecule has 1 fully saturated rings. The van der Waals surface area contributed by atoms with Crippen molar-refractivity contribution in [2.75, 3.05) is 26.3 Å². The highest BCUT2D eigenvalue weighted by Gasteiger charge is 2.23. The van der Waals surface area contributed by atoms with E-state index >= 15 is 0 Å². The summed E-state index contributed by atoms with van der Waals surface area (Å²) >= 11 is 0. The molecule has 2 nitrogen and oxygen atoms in total. The molecule has 0 amide bonds. The Morgan fingerprint density at radius 3 is 2.23 bits per heavy atom. The predicted octanol–water partition coefficient (Wildman–Crippen LogP) is 4.60. The van der Waals surface area contributed by atoms with Crippen LogP contribution in [0, 0.1) is 0 Å². The molecule has 0 N–H and O–H groups in total. The minimum absolute atomic E-state index is 0.402. The monoisotopic (exact) mass is 331 g/mol. The van der Waals surface area contributed by atoms with E-state index in [1.165, 1.54) is 11.1 Å². The average Bonchev–Trinajstić information content (AvgIpc) is 2.61. The minimum Gasteiger partial charge on any atom is -0.379 e. The Labute approximate surface area is 140 Å². The summed E-state index contributed by atoms with van der Waals surface area (Å²) in [4.78, 5) is 2.53. The maximum atomic E-state index is 5.50. The summed E-state index contributed by atoms with van der Waals surface area (Å²) < 4.78 is 5.50. The van der Waals surface area contributed by atoms with Crippen LogP contribution in [-0.2, 0) is 10.5 Å². The number of nitrogens with zero attached hydrogens (tertiary/aromatic N) is 1. The highest BCUT2D eigenvalue weighted by atomic mass is 33.1. The van der Waals surface area contributed by atoms with Crippen molar-refractivity contribution >= 4 is 21.6 Å². The van der Waals surface area contributed by atoms with Gasteiger partial charge in [0.15, 0.2) is 0 Å². The molecule has 0 saturated carbocycles. The van der Waals surface area contributed by atoms with Gasteiger partial charge in [0, 0.05) is 18.8 Å². The number of hydrogen-bond acceptors (Lipinski definition) is 4. The molecular weight excluding hydrogens is 310 g/mol. The van der Waals surface area contributed by atoms with Crippen LogP contribution < -0.4 is 0 Å². The van der Waals surface area contributed by atoms with E-state index in [2.05, 4.69) is 65.6 Å². The highest BCUT2D eigenvalue weighted by molar-refractivity contribution is 8.76. The first-order valence-electron chi connectivity index (χ1n) is 7.62. The van der Waals surface area contributed by atoms with E-state index in [1.54, 1.807) is 0 Å². The Morgan fingerprint density at radius 2 is 1.55 bits per heavy atom. The zero-order valence-electron chi connectivity index (χ0n) is 12.6. The van der Waals surface area contributed by atoms with Crippen molar-refractivity contribution < 1.29 is 4.74 Å². The van der Waals surface area contributed by atoms with Crippen molar-refractivity contribution in [3.05, 3.63) is 71.8 Å². The molecule has 1 saturated heterocycles. The number of rotatable bonds is 6. The zero-order chi connectivity index (χ0) is 15.0. The van der Waals surface area contributed by atoms with Gasteiger partial charge in [-0.15, -0.1) is 0 Å². The Morgan fingerprint density at radius 1 is 0.909 bits per heavy atom. The van der Waals surface area contributed by atoms with Crippen LogP contribution in [0.15, 0.2) is 60.7 Å². The normalized spacial score (nSPS) is 17.3. The van der Waals surface area contributed by atoms with Crippen molar-refractivity contribution in [3.8, 4) is 0 Å². The molecule has 1 heterocycles. The SMILES string of the molecule is c1ccc(CSSC(c2ccccc2)N2CCOCC2)cc1. The van der Waals surface area contributed by atoms with Crippen molar-refractivity contribution in [2.45, 2.75) is 11.1 Å². The molecule has 0 aliphatic carbocycles. The molecule has 1 atom stereocenters. The zero-order valence-corrected chi connectivity index (χ0v) is 14.2. The lowest BCUT2D eigenvalue weighted by molar-refractivity contribution is 0.0326. The minimum atomic E-state index is 0.402. The molecule has 3 rings (SSSR count). The van der Waals surface area contributed by atoms with Crippen molar-refractivity contribution in [3.63, 3.8) is 0 Å². The van der Waals surface area contributed by atoms with E-state index in [-0.39, 0.29) is 0 Å². The number of morpholine rings is 1. The average molecular weight is 332 g/mol. The molecule has 0 spiro atoms. The van der Waals surface area contributed by atoms with E-state index < -0.39 is 0 Å². The fourth-order valence-corrected chi connectivity index (χ4v) is 5.32. The third kappa shape index (κ3) is 4.53. The van der Waals surface area contributed by atoms with Crippen LogP contribution in [-0.4, -0.2) is 31.2 Å². The first-order chi connectivity index (χ1) is 10.9. The van der Waals surface area contributed by atoms with E-state index in [9.17, 15) is 0 Å². The molecule has 4 heteroatoms. The number of hydrogen-bond donors (Lipinski definition) is 0. The molecule has 1 aliphatic heterocycles. The molecule has 1 unspecified atom stereocenters. The van der Waals surface area contributed by atoms with Gasteiger partial charge in [0.2, 0.25) is 0 Å². The maximum absolute atomic E-state index is 5.50. The van der Waals surface area contributed by atoms with Crippen molar-refractivity contribution in [1.82, 2.24) is 4.90 Å². The lowest BCUT2D eigenvalue weighted by atomic mass is 10.2. The molecule has 0 radical (unpaired) electrons. The van der Waals surface area contributed by atoms with Gasteiger partial charge >= 0.3 is 0 Å². The topological polar surface area (TPSA) is 12.5 Å². The van der Waals surface area contributed by atoms with Gasteiger partial charge < -0.3 is 4.74 Å². The Balaban J connectivity index is 1.63. The van der Waals surface area contributed by atoms with Crippen LogP contribution in [0.2, 0.25) is 0 Å². The summed E-state index contributed by atoms with van der Waals surface area (Å²) in [6, 6.07) is 21.5. The van der Waals surface area contributed by atoms with Gasteiger partial charge in [0.1, 0.15) is 0 Å². The Kier molecular flexibility index (Phi) is 6.25. The van der Waals surface area contributed by atoms with E-state index in [0.717, 1.165) is 32.1 Å². The lowest BCUT2D eigenvalue weighted by Gasteiger charge is -2.34. The van der Waals surface area contributed by atoms with Gasteiger partial charge in [-0.05, 0) is 11.1 Å². The van der Waals surface area contributed by atoms with Gasteiger partial charge in [-0.2, -0.15) is 0 Å². The van der Waals surface area contributed by atoms with Crippen LogP contribution in [0.1, 0.15) is 16.5 Å². The standard InChI is InChI=1S/C18H21NOS2/c1-3-7-16(8-4-1)15-21-22-18(17-9-5-2-6-10-17)19-11-13-20-14-12-19/h1-10,18H,11-15H2. The lowest BCUT2D eigenvalue weighted by Crippen LogP contribution is -2.37. The maximum Gasteiger partial charge on any atom is 0.0919 e. The molecule has 2 aromatic carbocycles. The third-order valence-corrected chi connectivity index (χ3v) is 6.34. The van der Waals surface area contributed by atoms with E-state index in [4.69, 9.17) is 4.74 Å². The molecular formula is C18H21NOS2. The van der Waals surface area contributed by atoms with Crippen LogP contribution in [0.3, 0.4) is 0 Å². The first-order valence-corrected chi connectivity index (χ1v) is 10.0. The molecule has 1 aliphatic rings. The molecule has 0 bridgehead atoms. The summed E-state index contributed by atoms with van der Waals surface area (Å²) in [5.74, 6) is 1.04. The quantitative estimate of drug-likeness (QED) is 0.717. The summed E-state index contributed by atoms with van der Waals surface area (Å²) in [7, 11) is 3.90.